The van der Waals surface area contributed by atoms with Gasteiger partial charge in [0.25, 0.3) is 23.6 Å². The minimum absolute atomic E-state index is 0.0152. The van der Waals surface area contributed by atoms with Crippen LogP contribution in [0, 0.1) is 0 Å². The molecule has 14 heteroatoms. The predicted molar refractivity (Wildman–Crippen MR) is 169 cm³/mol. The number of hydrogen-bond donors (Lipinski definition) is 1. The first-order chi connectivity index (χ1) is 23.0. The first kappa shape index (κ1) is 31.9. The molecule has 0 aromatic heterocycles. The fourth-order valence-electron chi connectivity index (χ4n) is 5.39. The molecular formula is C34H27N3O10S. The van der Waals surface area contributed by atoms with Crippen LogP contribution in [0.2, 0.25) is 0 Å². The Bertz CT molecular complexity index is 2110. The first-order valence-electron chi connectivity index (χ1n) is 14.5. The van der Waals surface area contributed by atoms with Crippen molar-refractivity contribution in [2.75, 3.05) is 24.4 Å². The van der Waals surface area contributed by atoms with Crippen LogP contribution < -0.4 is 19.7 Å². The summed E-state index contributed by atoms with van der Waals surface area (Å²) in [7, 11) is -1.30. The number of ether oxygens (including phenoxy) is 2. The van der Waals surface area contributed by atoms with Crippen molar-refractivity contribution < 1.29 is 46.7 Å². The Kier molecular flexibility index (Phi) is 8.41. The molecule has 1 N–H and O–H groups in total. The van der Waals surface area contributed by atoms with Gasteiger partial charge in [-0.25, -0.2) is 13.2 Å². The molecule has 4 aromatic carbocycles. The third-order valence-corrected chi connectivity index (χ3v) is 9.64. The number of methoxy groups -OCH3 is 2. The molecule has 2 aliphatic rings. The van der Waals surface area contributed by atoms with Gasteiger partial charge in [-0.2, -0.15) is 0 Å². The summed E-state index contributed by atoms with van der Waals surface area (Å²) in [6, 6.07) is 20.4. The number of carbonyl (C=O) groups excluding carboxylic acids is 5. The van der Waals surface area contributed by atoms with Gasteiger partial charge in [0, 0.05) is 30.2 Å². The molecule has 0 spiro atoms. The SMILES string of the molecule is COc1ccc(NC(=O)c2ccc3c(c2)N(Cc2cccc(C(=O)ON4C(=O)CCC4=O)c2)C(=O)c2ccccc2S3(=O)=O)cc1OC. The number of imide groups is 1. The van der Waals surface area contributed by atoms with Gasteiger partial charge >= 0.3 is 5.97 Å². The van der Waals surface area contributed by atoms with Crippen LogP contribution >= 0.6 is 0 Å². The molecule has 244 valence electrons. The smallest absolute Gasteiger partial charge is 0.363 e. The number of anilines is 2. The van der Waals surface area contributed by atoms with Crippen LogP contribution in [0.1, 0.15) is 49.5 Å². The number of benzene rings is 4. The van der Waals surface area contributed by atoms with E-state index in [1.165, 1.54) is 73.7 Å². The standard InChI is InChI=1S/C34H27N3O10S/c1-45-26-12-11-23(18-27(26)46-2)35-32(40)21-10-13-29-25(17-21)36(33(41)24-8-3-4-9-28(24)48(29,43)44)19-20-6-5-7-22(16-20)34(42)47-37-30(38)14-15-31(37)39/h3-13,16-18H,14-15,19H2,1-2H3,(H,35,40). The zero-order chi connectivity index (χ0) is 34.2. The van der Waals surface area contributed by atoms with E-state index >= 15 is 0 Å². The van der Waals surface area contributed by atoms with E-state index in [4.69, 9.17) is 14.3 Å². The molecule has 1 fully saturated rings. The Labute approximate surface area is 274 Å². The highest BCUT2D eigenvalue weighted by atomic mass is 32.2. The van der Waals surface area contributed by atoms with Crippen molar-refractivity contribution in [2.24, 2.45) is 0 Å². The predicted octanol–water partition coefficient (Wildman–Crippen LogP) is 4.17. The van der Waals surface area contributed by atoms with E-state index in [-0.39, 0.29) is 51.6 Å². The lowest BCUT2D eigenvalue weighted by Crippen LogP contribution is -2.32. The minimum Gasteiger partial charge on any atom is -0.493 e. The molecule has 13 nitrogen and oxygen atoms in total. The number of rotatable bonds is 8. The number of nitrogens with one attached hydrogen (secondary N) is 1. The Hall–Kier alpha value is -6.02. The van der Waals surface area contributed by atoms with Gasteiger partial charge in [-0.3, -0.25) is 19.2 Å². The lowest BCUT2D eigenvalue weighted by molar-refractivity contribution is -0.172. The Morgan fingerprint density at radius 3 is 2.23 bits per heavy atom. The van der Waals surface area contributed by atoms with E-state index in [0.29, 0.717) is 27.8 Å². The minimum atomic E-state index is -4.23. The van der Waals surface area contributed by atoms with Crippen LogP contribution in [0.3, 0.4) is 0 Å². The lowest BCUT2D eigenvalue weighted by Gasteiger charge is -2.24. The molecule has 0 aliphatic carbocycles. The molecule has 0 radical (unpaired) electrons. The van der Waals surface area contributed by atoms with Crippen molar-refractivity contribution in [3.05, 3.63) is 107 Å². The molecule has 2 aliphatic heterocycles. The van der Waals surface area contributed by atoms with Crippen LogP contribution in [0.5, 0.6) is 11.5 Å². The van der Waals surface area contributed by atoms with Crippen molar-refractivity contribution in [2.45, 2.75) is 29.2 Å². The number of amides is 4. The molecule has 4 aromatic rings. The Morgan fingerprint density at radius 2 is 1.50 bits per heavy atom. The van der Waals surface area contributed by atoms with Crippen molar-refractivity contribution in [3.63, 3.8) is 0 Å². The fraction of sp³-hybridized carbons (Fsp3) is 0.147. The molecule has 0 unspecified atom stereocenters. The van der Waals surface area contributed by atoms with Crippen molar-refractivity contribution in [1.82, 2.24) is 5.06 Å². The van der Waals surface area contributed by atoms with E-state index in [1.54, 1.807) is 30.3 Å². The van der Waals surface area contributed by atoms with Crippen LogP contribution in [-0.4, -0.2) is 57.3 Å². The van der Waals surface area contributed by atoms with Crippen molar-refractivity contribution in [1.29, 1.82) is 0 Å². The van der Waals surface area contributed by atoms with E-state index in [1.807, 2.05) is 0 Å². The number of hydroxylamine groups is 2. The molecule has 1 saturated heterocycles. The topological polar surface area (TPSA) is 166 Å². The largest absolute Gasteiger partial charge is 0.493 e. The van der Waals surface area contributed by atoms with Gasteiger partial charge < -0.3 is 24.5 Å². The van der Waals surface area contributed by atoms with Crippen molar-refractivity contribution >= 4 is 50.8 Å². The van der Waals surface area contributed by atoms with Gasteiger partial charge in [-0.15, -0.1) is 5.06 Å². The summed E-state index contributed by atoms with van der Waals surface area (Å²) in [4.78, 5) is 70.1. The average Bonchev–Trinajstić information content (AvgIpc) is 3.39. The highest BCUT2D eigenvalue weighted by molar-refractivity contribution is 7.91. The van der Waals surface area contributed by atoms with Crippen molar-refractivity contribution in [3.8, 4) is 11.5 Å². The quantitative estimate of drug-likeness (QED) is 0.269. The molecule has 2 heterocycles. The number of carbonyl (C=O) groups is 5. The van der Waals surface area contributed by atoms with E-state index in [2.05, 4.69) is 5.32 Å². The van der Waals surface area contributed by atoms with Gasteiger partial charge in [0.1, 0.15) is 0 Å². The third kappa shape index (κ3) is 5.84. The Morgan fingerprint density at radius 1 is 0.771 bits per heavy atom. The Balaban J connectivity index is 1.37. The molecule has 0 bridgehead atoms. The van der Waals surface area contributed by atoms with E-state index in [9.17, 15) is 32.4 Å². The normalized spacial score (nSPS) is 14.9. The summed E-state index contributed by atoms with van der Waals surface area (Å²) in [5.41, 5.74) is 0.670. The fourth-order valence-corrected chi connectivity index (χ4v) is 7.03. The molecule has 4 amide bonds. The first-order valence-corrected chi connectivity index (χ1v) is 16.0. The highest BCUT2D eigenvalue weighted by Gasteiger charge is 2.37. The highest BCUT2D eigenvalue weighted by Crippen LogP contribution is 2.38. The summed E-state index contributed by atoms with van der Waals surface area (Å²) in [6.07, 6.45) is -0.136. The maximum absolute atomic E-state index is 14.1. The summed E-state index contributed by atoms with van der Waals surface area (Å²) < 4.78 is 38.3. The number of fused-ring (bicyclic) bond motifs is 2. The van der Waals surface area contributed by atoms with Gasteiger partial charge in [-0.05, 0) is 60.2 Å². The second-order valence-electron chi connectivity index (χ2n) is 10.8. The second kappa shape index (κ2) is 12.6. The number of hydrogen-bond acceptors (Lipinski definition) is 10. The second-order valence-corrected chi connectivity index (χ2v) is 12.6. The van der Waals surface area contributed by atoms with Gasteiger partial charge in [0.05, 0.1) is 47.4 Å². The number of nitrogens with zero attached hydrogens (tertiary/aromatic N) is 2. The van der Waals surface area contributed by atoms with Crippen LogP contribution in [0.15, 0.2) is 94.7 Å². The average molecular weight is 670 g/mol. The van der Waals surface area contributed by atoms with Crippen LogP contribution in [0.25, 0.3) is 0 Å². The zero-order valence-corrected chi connectivity index (χ0v) is 26.4. The number of sulfone groups is 1. The van der Waals surface area contributed by atoms with E-state index in [0.717, 1.165) is 0 Å². The summed E-state index contributed by atoms with van der Waals surface area (Å²) in [6.45, 7) is -0.223. The molecule has 0 atom stereocenters. The van der Waals surface area contributed by atoms with Gasteiger partial charge in [0.2, 0.25) is 9.84 Å². The van der Waals surface area contributed by atoms with Gasteiger partial charge in [0.15, 0.2) is 11.5 Å². The lowest BCUT2D eigenvalue weighted by atomic mass is 10.1. The molecule has 0 saturated carbocycles. The zero-order valence-electron chi connectivity index (χ0n) is 25.6. The summed E-state index contributed by atoms with van der Waals surface area (Å²) >= 11 is 0. The third-order valence-electron chi connectivity index (χ3n) is 7.78. The maximum Gasteiger partial charge on any atom is 0.363 e. The van der Waals surface area contributed by atoms with E-state index < -0.39 is 39.4 Å². The summed E-state index contributed by atoms with van der Waals surface area (Å²) in [5.74, 6) is -2.66. The molecular weight excluding hydrogens is 642 g/mol. The van der Waals surface area contributed by atoms with Gasteiger partial charge in [-0.1, -0.05) is 24.3 Å². The molecule has 6 rings (SSSR count). The maximum atomic E-state index is 14.1. The van der Waals surface area contributed by atoms with Crippen LogP contribution in [-0.2, 0) is 30.8 Å². The monoisotopic (exact) mass is 669 g/mol. The summed E-state index contributed by atoms with van der Waals surface area (Å²) in [5, 5.41) is 3.18. The molecule has 48 heavy (non-hydrogen) atoms. The van der Waals surface area contributed by atoms with Crippen LogP contribution in [0.4, 0.5) is 11.4 Å².